The van der Waals surface area contributed by atoms with Gasteiger partial charge in [-0.1, -0.05) is 30.3 Å². The maximum absolute atomic E-state index is 14.2. The number of hydrogen-bond acceptors (Lipinski definition) is 2. The Bertz CT molecular complexity index is 639. The zero-order valence-corrected chi connectivity index (χ0v) is 12.2. The highest BCUT2D eigenvalue weighted by Gasteiger charge is 2.22. The summed E-state index contributed by atoms with van der Waals surface area (Å²) in [5.41, 5.74) is 9.04. The Balaban J connectivity index is 1.85. The molecule has 2 aromatic carbocycles. The molecule has 0 heterocycles. The monoisotopic (exact) mass is 285 g/mol. The van der Waals surface area contributed by atoms with Crippen LogP contribution in [0.5, 0.6) is 5.75 Å². The zero-order chi connectivity index (χ0) is 14.8. The van der Waals surface area contributed by atoms with Crippen LogP contribution >= 0.6 is 0 Å². The number of nitrogens with two attached hydrogens (primary N) is 1. The number of fused-ring (bicyclic) bond motifs is 1. The minimum Gasteiger partial charge on any atom is -0.483 e. The van der Waals surface area contributed by atoms with Crippen molar-refractivity contribution >= 4 is 0 Å². The molecule has 0 saturated carbocycles. The normalized spacial score (nSPS) is 18.9. The van der Waals surface area contributed by atoms with E-state index in [1.165, 1.54) is 17.2 Å². The van der Waals surface area contributed by atoms with Crippen molar-refractivity contribution in [3.63, 3.8) is 0 Å². The molecule has 0 amide bonds. The van der Waals surface area contributed by atoms with Gasteiger partial charge in [0, 0.05) is 6.04 Å². The molecule has 110 valence electrons. The second-order valence-corrected chi connectivity index (χ2v) is 5.68. The first kappa shape index (κ1) is 14.1. The van der Waals surface area contributed by atoms with Crippen LogP contribution in [-0.4, -0.2) is 0 Å². The molecule has 3 rings (SSSR count). The van der Waals surface area contributed by atoms with Crippen LogP contribution in [0.15, 0.2) is 42.5 Å². The van der Waals surface area contributed by atoms with E-state index in [1.54, 1.807) is 6.07 Å². The fourth-order valence-corrected chi connectivity index (χ4v) is 2.88. The summed E-state index contributed by atoms with van der Waals surface area (Å²) < 4.78 is 20.1. The number of benzene rings is 2. The van der Waals surface area contributed by atoms with Crippen LogP contribution in [0.1, 0.15) is 48.6 Å². The smallest absolute Gasteiger partial charge is 0.165 e. The minimum absolute atomic E-state index is 0.0643. The standard InChI is InChI=1S/C18H20FNO/c1-12(20)14-9-10-18(16(19)11-14)21-17-8-4-6-13-5-2-3-7-15(13)17/h2-3,5,7,9-12,17H,4,6,8,20H2,1H3/t12-,17?/m0/s1. The molecule has 0 saturated heterocycles. The van der Waals surface area contributed by atoms with Crippen LogP contribution in [0, 0.1) is 5.82 Å². The fourth-order valence-electron chi connectivity index (χ4n) is 2.88. The molecule has 0 bridgehead atoms. The Kier molecular flexibility index (Phi) is 3.93. The van der Waals surface area contributed by atoms with Gasteiger partial charge in [0.05, 0.1) is 0 Å². The Labute approximate surface area is 124 Å². The van der Waals surface area contributed by atoms with E-state index in [0.717, 1.165) is 24.8 Å². The number of hydrogen-bond donors (Lipinski definition) is 1. The summed E-state index contributed by atoms with van der Waals surface area (Å²) in [7, 11) is 0. The van der Waals surface area contributed by atoms with Gasteiger partial charge < -0.3 is 10.5 Å². The van der Waals surface area contributed by atoms with Crippen molar-refractivity contribution in [2.75, 3.05) is 0 Å². The average Bonchev–Trinajstić information content (AvgIpc) is 2.49. The topological polar surface area (TPSA) is 35.2 Å². The molecule has 2 aromatic rings. The van der Waals surface area contributed by atoms with E-state index in [9.17, 15) is 4.39 Å². The van der Waals surface area contributed by atoms with E-state index in [0.29, 0.717) is 5.75 Å². The van der Waals surface area contributed by atoms with E-state index < -0.39 is 0 Å². The molecular weight excluding hydrogens is 265 g/mol. The van der Waals surface area contributed by atoms with Crippen LogP contribution in [0.25, 0.3) is 0 Å². The van der Waals surface area contributed by atoms with Crippen molar-refractivity contribution in [2.24, 2.45) is 5.73 Å². The predicted molar refractivity (Wildman–Crippen MR) is 81.8 cm³/mol. The maximum atomic E-state index is 14.2. The third kappa shape index (κ3) is 2.93. The highest BCUT2D eigenvalue weighted by molar-refractivity contribution is 5.35. The van der Waals surface area contributed by atoms with E-state index in [4.69, 9.17) is 10.5 Å². The van der Waals surface area contributed by atoms with E-state index in [2.05, 4.69) is 12.1 Å². The number of rotatable bonds is 3. The lowest BCUT2D eigenvalue weighted by atomic mass is 9.89. The Morgan fingerprint density at radius 3 is 2.81 bits per heavy atom. The molecule has 1 unspecified atom stereocenters. The molecule has 21 heavy (non-hydrogen) atoms. The van der Waals surface area contributed by atoms with Gasteiger partial charge in [0.1, 0.15) is 6.10 Å². The first-order valence-electron chi connectivity index (χ1n) is 7.44. The third-order valence-corrected chi connectivity index (χ3v) is 4.07. The lowest BCUT2D eigenvalue weighted by Crippen LogP contribution is -2.16. The molecule has 0 spiro atoms. The summed E-state index contributed by atoms with van der Waals surface area (Å²) in [4.78, 5) is 0. The van der Waals surface area contributed by atoms with Crippen LogP contribution in [0.2, 0.25) is 0 Å². The lowest BCUT2D eigenvalue weighted by Gasteiger charge is -2.26. The summed E-state index contributed by atoms with van der Waals surface area (Å²) in [6.07, 6.45) is 3.00. The second-order valence-electron chi connectivity index (χ2n) is 5.68. The fraction of sp³-hybridized carbons (Fsp3) is 0.333. The van der Waals surface area contributed by atoms with E-state index in [-0.39, 0.29) is 18.0 Å². The molecule has 0 aromatic heterocycles. The predicted octanol–water partition coefficient (Wildman–Crippen LogP) is 4.30. The first-order chi connectivity index (χ1) is 10.1. The van der Waals surface area contributed by atoms with Crippen LogP contribution in [-0.2, 0) is 6.42 Å². The molecule has 2 nitrogen and oxygen atoms in total. The van der Waals surface area contributed by atoms with Crippen molar-refractivity contribution in [3.05, 3.63) is 65.0 Å². The molecule has 0 fully saturated rings. The van der Waals surface area contributed by atoms with Crippen molar-refractivity contribution in [3.8, 4) is 5.75 Å². The van der Waals surface area contributed by atoms with Gasteiger partial charge in [0.2, 0.25) is 0 Å². The number of aryl methyl sites for hydroxylation is 1. The highest BCUT2D eigenvalue weighted by Crippen LogP contribution is 2.34. The molecule has 2 atom stereocenters. The van der Waals surface area contributed by atoms with Crippen LogP contribution < -0.4 is 10.5 Å². The van der Waals surface area contributed by atoms with Gasteiger partial charge >= 0.3 is 0 Å². The maximum Gasteiger partial charge on any atom is 0.165 e. The largest absolute Gasteiger partial charge is 0.483 e. The minimum atomic E-state index is -0.340. The Morgan fingerprint density at radius 2 is 2.05 bits per heavy atom. The van der Waals surface area contributed by atoms with E-state index >= 15 is 0 Å². The lowest BCUT2D eigenvalue weighted by molar-refractivity contribution is 0.175. The Morgan fingerprint density at radius 1 is 1.24 bits per heavy atom. The molecule has 3 heteroatoms. The van der Waals surface area contributed by atoms with Crippen molar-refractivity contribution < 1.29 is 9.13 Å². The van der Waals surface area contributed by atoms with Gasteiger partial charge in [-0.2, -0.15) is 0 Å². The molecule has 1 aliphatic rings. The summed E-state index contributed by atoms with van der Waals surface area (Å²) >= 11 is 0. The quantitative estimate of drug-likeness (QED) is 0.912. The van der Waals surface area contributed by atoms with Gasteiger partial charge in [-0.3, -0.25) is 0 Å². The van der Waals surface area contributed by atoms with Gasteiger partial charge in [0.25, 0.3) is 0 Å². The summed E-state index contributed by atoms with van der Waals surface area (Å²) in [6.45, 7) is 1.84. The van der Waals surface area contributed by atoms with Gasteiger partial charge in [-0.05, 0) is 55.0 Å². The van der Waals surface area contributed by atoms with Crippen molar-refractivity contribution in [1.82, 2.24) is 0 Å². The van der Waals surface area contributed by atoms with Gasteiger partial charge in [-0.15, -0.1) is 0 Å². The molecule has 2 N–H and O–H groups in total. The van der Waals surface area contributed by atoms with Crippen LogP contribution in [0.3, 0.4) is 0 Å². The second kappa shape index (κ2) is 5.86. The molecule has 1 aliphatic carbocycles. The molecule has 0 aliphatic heterocycles. The number of ether oxygens (including phenoxy) is 1. The molecular formula is C18H20FNO. The zero-order valence-electron chi connectivity index (χ0n) is 12.2. The summed E-state index contributed by atoms with van der Waals surface area (Å²) in [5, 5.41) is 0. The van der Waals surface area contributed by atoms with E-state index in [1.807, 2.05) is 25.1 Å². The first-order valence-corrected chi connectivity index (χ1v) is 7.44. The van der Waals surface area contributed by atoms with Crippen molar-refractivity contribution in [2.45, 2.75) is 38.3 Å². The summed E-state index contributed by atoms with van der Waals surface area (Å²) in [5.74, 6) is -0.0334. The van der Waals surface area contributed by atoms with Gasteiger partial charge in [0.15, 0.2) is 11.6 Å². The Hall–Kier alpha value is -1.87. The summed E-state index contributed by atoms with van der Waals surface area (Å²) in [6, 6.07) is 13.1. The van der Waals surface area contributed by atoms with Crippen molar-refractivity contribution in [1.29, 1.82) is 0 Å². The highest BCUT2D eigenvalue weighted by atomic mass is 19.1. The van der Waals surface area contributed by atoms with Crippen LogP contribution in [0.4, 0.5) is 4.39 Å². The average molecular weight is 285 g/mol. The van der Waals surface area contributed by atoms with Gasteiger partial charge in [-0.25, -0.2) is 4.39 Å². The number of halogens is 1. The third-order valence-electron chi connectivity index (χ3n) is 4.07. The molecule has 0 radical (unpaired) electrons. The SMILES string of the molecule is C[C@H](N)c1ccc(OC2CCCc3ccccc32)c(F)c1.